The third-order valence-electron chi connectivity index (χ3n) is 5.34. The summed E-state index contributed by atoms with van der Waals surface area (Å²) >= 11 is 6.76. The Hall–Kier alpha value is -3.09. The molecule has 34 heavy (non-hydrogen) atoms. The fraction of sp³-hybridized carbons (Fsp3) is 0.214. The van der Waals surface area contributed by atoms with E-state index < -0.39 is 0 Å². The summed E-state index contributed by atoms with van der Waals surface area (Å²) in [5.41, 5.74) is 2.97. The molecule has 1 aliphatic heterocycles. The van der Waals surface area contributed by atoms with Gasteiger partial charge in [-0.1, -0.05) is 93.3 Å². The van der Waals surface area contributed by atoms with Gasteiger partial charge in [0.15, 0.2) is 4.32 Å². The Kier molecular flexibility index (Phi) is 7.39. The molecular formula is C28H27NO3S2. The molecule has 4 rings (SSSR count). The summed E-state index contributed by atoms with van der Waals surface area (Å²) in [6.07, 6.45) is 1.84. The zero-order valence-corrected chi connectivity index (χ0v) is 21.1. The van der Waals surface area contributed by atoms with E-state index in [4.69, 9.17) is 21.7 Å². The molecule has 4 nitrogen and oxygen atoms in total. The largest absolute Gasteiger partial charge is 0.490 e. The second-order valence-corrected chi connectivity index (χ2v) is 10.5. The maximum absolute atomic E-state index is 13.0. The van der Waals surface area contributed by atoms with Crippen molar-refractivity contribution < 1.29 is 14.3 Å². The van der Waals surface area contributed by atoms with Crippen molar-refractivity contribution in [3.8, 4) is 11.5 Å². The minimum Gasteiger partial charge on any atom is -0.490 e. The molecule has 3 aromatic rings. The monoisotopic (exact) mass is 489 g/mol. The van der Waals surface area contributed by atoms with Gasteiger partial charge in [-0.25, -0.2) is 0 Å². The number of anilines is 1. The number of carbonyl (C=O) groups excluding carboxylic acids is 1. The first kappa shape index (κ1) is 24.0. The zero-order chi connectivity index (χ0) is 24.1. The number of thioether (sulfide) groups is 1. The summed E-state index contributed by atoms with van der Waals surface area (Å²) in [6, 6.07) is 25.3. The van der Waals surface area contributed by atoms with E-state index in [-0.39, 0.29) is 11.3 Å². The van der Waals surface area contributed by atoms with Crippen molar-refractivity contribution in [3.63, 3.8) is 0 Å². The molecule has 3 aromatic carbocycles. The van der Waals surface area contributed by atoms with Crippen LogP contribution in [0.1, 0.15) is 31.9 Å². The fourth-order valence-electron chi connectivity index (χ4n) is 3.50. The molecule has 0 bridgehead atoms. The van der Waals surface area contributed by atoms with Crippen LogP contribution in [0.15, 0.2) is 83.8 Å². The van der Waals surface area contributed by atoms with Crippen LogP contribution in [0.5, 0.6) is 11.5 Å². The van der Waals surface area contributed by atoms with Gasteiger partial charge < -0.3 is 9.47 Å². The number of hydrogen-bond donors (Lipinski definition) is 0. The van der Waals surface area contributed by atoms with E-state index in [9.17, 15) is 4.79 Å². The summed E-state index contributed by atoms with van der Waals surface area (Å²) in [7, 11) is 0. The number of para-hydroxylation sites is 2. The summed E-state index contributed by atoms with van der Waals surface area (Å²) in [5, 5.41) is 0. The van der Waals surface area contributed by atoms with Crippen LogP contribution in [0, 0.1) is 0 Å². The average Bonchev–Trinajstić information content (AvgIpc) is 3.10. The van der Waals surface area contributed by atoms with Crippen LogP contribution in [0.3, 0.4) is 0 Å². The zero-order valence-electron chi connectivity index (χ0n) is 19.5. The van der Waals surface area contributed by atoms with Gasteiger partial charge in [-0.3, -0.25) is 9.69 Å². The first-order valence-electron chi connectivity index (χ1n) is 11.1. The van der Waals surface area contributed by atoms with Gasteiger partial charge in [0.2, 0.25) is 0 Å². The van der Waals surface area contributed by atoms with Crippen molar-refractivity contribution in [2.24, 2.45) is 0 Å². The van der Waals surface area contributed by atoms with Gasteiger partial charge in [-0.15, -0.1) is 0 Å². The van der Waals surface area contributed by atoms with E-state index in [0.29, 0.717) is 28.2 Å². The molecule has 6 heteroatoms. The second-order valence-electron chi connectivity index (χ2n) is 8.86. The molecule has 0 unspecified atom stereocenters. The smallest absolute Gasteiger partial charge is 0.270 e. The molecular weight excluding hydrogens is 462 g/mol. The molecule has 0 atom stereocenters. The normalized spacial score (nSPS) is 15.1. The van der Waals surface area contributed by atoms with Gasteiger partial charge in [-0.05, 0) is 47.4 Å². The molecule has 0 aliphatic carbocycles. The highest BCUT2D eigenvalue weighted by molar-refractivity contribution is 8.27. The fourth-order valence-corrected chi connectivity index (χ4v) is 4.79. The summed E-state index contributed by atoms with van der Waals surface area (Å²) in [6.45, 7) is 7.37. The summed E-state index contributed by atoms with van der Waals surface area (Å²) in [4.78, 5) is 15.2. The van der Waals surface area contributed by atoms with Crippen LogP contribution >= 0.6 is 24.0 Å². The van der Waals surface area contributed by atoms with Crippen LogP contribution in [0.25, 0.3) is 6.08 Å². The van der Waals surface area contributed by atoms with Crippen molar-refractivity contribution >= 4 is 46.0 Å². The highest BCUT2D eigenvalue weighted by atomic mass is 32.2. The summed E-state index contributed by atoms with van der Waals surface area (Å²) in [5.74, 6) is 1.38. The van der Waals surface area contributed by atoms with E-state index in [1.54, 1.807) is 4.90 Å². The first-order chi connectivity index (χ1) is 16.3. The van der Waals surface area contributed by atoms with Crippen molar-refractivity contribution in [2.45, 2.75) is 26.2 Å². The van der Waals surface area contributed by atoms with E-state index in [1.807, 2.05) is 72.8 Å². The molecule has 0 N–H and O–H groups in total. The molecule has 0 radical (unpaired) electrons. The number of thiocarbonyl (C=S) groups is 1. The first-order valence-corrected chi connectivity index (χ1v) is 12.3. The van der Waals surface area contributed by atoms with Gasteiger partial charge in [0, 0.05) is 5.56 Å². The Labute approximate surface area is 210 Å². The molecule has 1 saturated heterocycles. The minimum atomic E-state index is -0.127. The van der Waals surface area contributed by atoms with Crippen LogP contribution in [-0.4, -0.2) is 23.4 Å². The Bertz CT molecular complexity index is 1200. The van der Waals surface area contributed by atoms with E-state index in [2.05, 4.69) is 32.9 Å². The van der Waals surface area contributed by atoms with E-state index in [0.717, 1.165) is 17.0 Å². The third kappa shape index (κ3) is 5.69. The van der Waals surface area contributed by atoms with Crippen molar-refractivity contribution in [2.75, 3.05) is 18.1 Å². The van der Waals surface area contributed by atoms with Crippen LogP contribution in [-0.2, 0) is 10.2 Å². The molecule has 0 saturated carbocycles. The highest BCUT2D eigenvalue weighted by Gasteiger charge is 2.33. The number of ether oxygens (including phenoxy) is 2. The number of benzene rings is 3. The molecule has 1 amide bonds. The predicted molar refractivity (Wildman–Crippen MR) is 145 cm³/mol. The maximum Gasteiger partial charge on any atom is 0.270 e. The number of rotatable bonds is 7. The van der Waals surface area contributed by atoms with Gasteiger partial charge in [0.05, 0.1) is 10.6 Å². The second kappa shape index (κ2) is 10.5. The van der Waals surface area contributed by atoms with Gasteiger partial charge in [-0.2, -0.15) is 0 Å². The molecule has 0 spiro atoms. The molecule has 1 aliphatic rings. The SMILES string of the molecule is CC(C)(C)c1ccc(OCCOc2ccccc2C=C2SC(=S)N(c3ccccc3)C2=O)cc1. The topological polar surface area (TPSA) is 38.8 Å². The van der Waals surface area contributed by atoms with Crippen LogP contribution in [0.2, 0.25) is 0 Å². The predicted octanol–water partition coefficient (Wildman–Crippen LogP) is 6.85. The maximum atomic E-state index is 13.0. The molecule has 1 fully saturated rings. The lowest BCUT2D eigenvalue weighted by Crippen LogP contribution is -2.27. The van der Waals surface area contributed by atoms with E-state index in [1.165, 1.54) is 17.3 Å². The molecule has 0 aromatic heterocycles. The Balaban J connectivity index is 1.39. The Morgan fingerprint density at radius 3 is 2.24 bits per heavy atom. The van der Waals surface area contributed by atoms with E-state index >= 15 is 0 Å². The van der Waals surface area contributed by atoms with Gasteiger partial charge in [0.1, 0.15) is 24.7 Å². The lowest BCUT2D eigenvalue weighted by atomic mass is 9.87. The Morgan fingerprint density at radius 1 is 0.882 bits per heavy atom. The van der Waals surface area contributed by atoms with Gasteiger partial charge in [0.25, 0.3) is 5.91 Å². The van der Waals surface area contributed by atoms with Crippen LogP contribution in [0.4, 0.5) is 5.69 Å². The molecule has 1 heterocycles. The third-order valence-corrected chi connectivity index (χ3v) is 6.65. The van der Waals surface area contributed by atoms with Crippen molar-refractivity contribution in [3.05, 3.63) is 94.9 Å². The standard InChI is InChI=1S/C28H27NO3S2/c1-28(2,3)21-13-15-23(16-14-21)31-17-18-32-24-12-8-7-9-20(24)19-25-26(30)29(27(33)34-25)22-10-5-4-6-11-22/h4-16,19H,17-18H2,1-3H3. The average molecular weight is 490 g/mol. The number of amides is 1. The highest BCUT2D eigenvalue weighted by Crippen LogP contribution is 2.37. The van der Waals surface area contributed by atoms with Crippen LogP contribution < -0.4 is 14.4 Å². The quantitative estimate of drug-likeness (QED) is 0.206. The van der Waals surface area contributed by atoms with Gasteiger partial charge >= 0.3 is 0 Å². The summed E-state index contributed by atoms with van der Waals surface area (Å²) < 4.78 is 12.3. The van der Waals surface area contributed by atoms with Crippen molar-refractivity contribution in [1.82, 2.24) is 0 Å². The minimum absolute atomic E-state index is 0.112. The number of hydrogen-bond acceptors (Lipinski definition) is 5. The lowest BCUT2D eigenvalue weighted by molar-refractivity contribution is -0.113. The number of carbonyl (C=O) groups is 1. The lowest BCUT2D eigenvalue weighted by Gasteiger charge is -2.19. The van der Waals surface area contributed by atoms with Crippen molar-refractivity contribution in [1.29, 1.82) is 0 Å². The molecule has 174 valence electrons. The Morgan fingerprint density at radius 2 is 1.53 bits per heavy atom. The number of nitrogens with zero attached hydrogens (tertiary/aromatic N) is 1.